The molecule has 0 aromatic rings. The van der Waals surface area contributed by atoms with Gasteiger partial charge in [0.25, 0.3) is 0 Å². The van der Waals surface area contributed by atoms with Crippen molar-refractivity contribution in [1.29, 1.82) is 0 Å². The summed E-state index contributed by atoms with van der Waals surface area (Å²) in [6.45, 7) is 2.04. The highest BCUT2D eigenvalue weighted by Gasteiger charge is 2.10. The maximum Gasteiger partial charge on any atom is 0.133 e. The van der Waals surface area contributed by atoms with Gasteiger partial charge in [-0.1, -0.05) is 17.7 Å². The molecular weight excluding hydrogens is 152 g/mol. The summed E-state index contributed by atoms with van der Waals surface area (Å²) in [5.41, 5.74) is 1.20. The van der Waals surface area contributed by atoms with Crippen LogP contribution in [0.25, 0.3) is 0 Å². The van der Waals surface area contributed by atoms with E-state index < -0.39 is 0 Å². The number of rotatable bonds is 2. The Kier molecular flexibility index (Phi) is 3.11. The first-order valence-electron chi connectivity index (χ1n) is 3.91. The topological polar surface area (TPSA) is 18.5 Å². The van der Waals surface area contributed by atoms with Gasteiger partial charge in [-0.2, -0.15) is 0 Å². The van der Waals surface area contributed by atoms with Crippen molar-refractivity contribution < 1.29 is 9.47 Å². The molecule has 0 amide bonds. The number of ether oxygens (including phenoxy) is 2. The van der Waals surface area contributed by atoms with Crippen LogP contribution in [0.4, 0.5) is 0 Å². The van der Waals surface area contributed by atoms with E-state index in [0.29, 0.717) is 0 Å². The third kappa shape index (κ3) is 1.98. The smallest absolute Gasteiger partial charge is 0.133 e. The minimum Gasteiger partial charge on any atom is -0.498 e. The molecule has 0 saturated carbocycles. The molecule has 1 rings (SSSR count). The highest BCUT2D eigenvalue weighted by molar-refractivity contribution is 5.30. The highest BCUT2D eigenvalue weighted by Crippen LogP contribution is 2.14. The summed E-state index contributed by atoms with van der Waals surface area (Å²) in [4.78, 5) is 0. The van der Waals surface area contributed by atoms with E-state index >= 15 is 0 Å². The van der Waals surface area contributed by atoms with Crippen LogP contribution in [0, 0.1) is 0 Å². The summed E-state index contributed by atoms with van der Waals surface area (Å²) in [5.74, 6) is 0.839. The van der Waals surface area contributed by atoms with Crippen molar-refractivity contribution in [2.75, 3.05) is 14.2 Å². The lowest BCUT2D eigenvalue weighted by atomic mass is 10.2. The lowest BCUT2D eigenvalue weighted by Gasteiger charge is -2.12. The van der Waals surface area contributed by atoms with Crippen LogP contribution in [-0.4, -0.2) is 20.3 Å². The van der Waals surface area contributed by atoms with Gasteiger partial charge in [0.2, 0.25) is 0 Å². The van der Waals surface area contributed by atoms with Gasteiger partial charge in [-0.3, -0.25) is 0 Å². The van der Waals surface area contributed by atoms with Gasteiger partial charge in [-0.15, -0.1) is 0 Å². The minimum absolute atomic E-state index is 0.0521. The monoisotopic (exact) mass is 166 g/mol. The van der Waals surface area contributed by atoms with E-state index in [0.717, 1.165) is 5.76 Å². The van der Waals surface area contributed by atoms with Crippen LogP contribution < -0.4 is 0 Å². The van der Waals surface area contributed by atoms with E-state index in [1.165, 1.54) is 5.57 Å². The zero-order valence-electron chi connectivity index (χ0n) is 7.70. The number of allylic oxidation sites excluding steroid dienone is 4. The van der Waals surface area contributed by atoms with Gasteiger partial charge in [0.15, 0.2) is 0 Å². The number of hydrogen-bond donors (Lipinski definition) is 0. The van der Waals surface area contributed by atoms with E-state index in [-0.39, 0.29) is 6.10 Å². The minimum atomic E-state index is -0.0521. The summed E-state index contributed by atoms with van der Waals surface area (Å²) in [7, 11) is 3.32. The van der Waals surface area contributed by atoms with Gasteiger partial charge in [-0.05, 0) is 19.1 Å². The highest BCUT2D eigenvalue weighted by atomic mass is 16.5. The quantitative estimate of drug-likeness (QED) is 0.625. The van der Waals surface area contributed by atoms with E-state index in [2.05, 4.69) is 0 Å². The Morgan fingerprint density at radius 1 is 1.25 bits per heavy atom. The van der Waals surface area contributed by atoms with Crippen LogP contribution in [0.5, 0.6) is 0 Å². The molecule has 1 aliphatic rings. The van der Waals surface area contributed by atoms with E-state index in [1.807, 2.05) is 31.2 Å². The summed E-state index contributed by atoms with van der Waals surface area (Å²) < 4.78 is 10.4. The molecular formula is C10H14O2. The molecule has 0 radical (unpaired) electrons. The molecule has 1 atom stereocenters. The van der Waals surface area contributed by atoms with Crippen LogP contribution in [0.2, 0.25) is 0 Å². The van der Waals surface area contributed by atoms with Gasteiger partial charge < -0.3 is 9.47 Å². The molecule has 1 unspecified atom stereocenters. The van der Waals surface area contributed by atoms with Gasteiger partial charge >= 0.3 is 0 Å². The average Bonchev–Trinajstić information content (AvgIpc) is 2.27. The first-order valence-corrected chi connectivity index (χ1v) is 3.91. The standard InChI is InChI=1S/C10H14O2/c1-8-4-6-9(11-2)10(12-3)7-5-8/h4-7,9H,1-3H3. The Morgan fingerprint density at radius 3 is 2.58 bits per heavy atom. The molecule has 0 heterocycles. The molecule has 0 N–H and O–H groups in total. The average molecular weight is 166 g/mol. The van der Waals surface area contributed by atoms with Gasteiger partial charge in [-0.25, -0.2) is 0 Å². The summed E-state index contributed by atoms with van der Waals surface area (Å²) >= 11 is 0. The molecule has 0 bridgehead atoms. The Hall–Kier alpha value is -1.02. The second-order valence-corrected chi connectivity index (χ2v) is 2.70. The van der Waals surface area contributed by atoms with Gasteiger partial charge in [0.1, 0.15) is 11.9 Å². The lowest BCUT2D eigenvalue weighted by molar-refractivity contribution is 0.110. The normalized spacial score (nSPS) is 22.8. The molecule has 0 aromatic heterocycles. The second-order valence-electron chi connectivity index (χ2n) is 2.70. The third-order valence-electron chi connectivity index (χ3n) is 1.81. The maximum atomic E-state index is 5.21. The third-order valence-corrected chi connectivity index (χ3v) is 1.81. The molecule has 66 valence electrons. The summed E-state index contributed by atoms with van der Waals surface area (Å²) in [6, 6.07) is 0. The van der Waals surface area contributed by atoms with Crippen molar-refractivity contribution >= 4 is 0 Å². The fraction of sp³-hybridized carbons (Fsp3) is 0.400. The molecule has 0 spiro atoms. The molecule has 2 heteroatoms. The number of methoxy groups -OCH3 is 2. The summed E-state index contributed by atoms with van der Waals surface area (Å²) in [6.07, 6.45) is 7.90. The zero-order chi connectivity index (χ0) is 8.97. The molecule has 0 aliphatic heterocycles. The first kappa shape index (κ1) is 9.07. The van der Waals surface area contributed by atoms with Crippen LogP contribution in [0.3, 0.4) is 0 Å². The molecule has 12 heavy (non-hydrogen) atoms. The van der Waals surface area contributed by atoms with E-state index in [4.69, 9.17) is 9.47 Å². The van der Waals surface area contributed by atoms with E-state index in [1.54, 1.807) is 14.2 Å². The molecule has 2 nitrogen and oxygen atoms in total. The van der Waals surface area contributed by atoms with Crippen molar-refractivity contribution in [2.24, 2.45) is 0 Å². The van der Waals surface area contributed by atoms with Crippen molar-refractivity contribution in [3.63, 3.8) is 0 Å². The Labute approximate surface area is 73.2 Å². The first-order chi connectivity index (χ1) is 5.77. The van der Waals surface area contributed by atoms with Gasteiger partial charge in [0, 0.05) is 7.11 Å². The molecule has 0 fully saturated rings. The molecule has 0 aromatic carbocycles. The van der Waals surface area contributed by atoms with Crippen LogP contribution >= 0.6 is 0 Å². The van der Waals surface area contributed by atoms with Crippen molar-refractivity contribution in [3.05, 3.63) is 35.6 Å². The molecule has 0 saturated heterocycles. The van der Waals surface area contributed by atoms with Gasteiger partial charge in [0.05, 0.1) is 7.11 Å². The largest absolute Gasteiger partial charge is 0.498 e. The predicted molar refractivity (Wildman–Crippen MR) is 48.8 cm³/mol. The Bertz CT molecular complexity index is 236. The van der Waals surface area contributed by atoms with Crippen molar-refractivity contribution in [2.45, 2.75) is 13.0 Å². The van der Waals surface area contributed by atoms with Crippen LogP contribution in [0.1, 0.15) is 6.92 Å². The van der Waals surface area contributed by atoms with Crippen molar-refractivity contribution in [3.8, 4) is 0 Å². The Balaban J connectivity index is 2.86. The fourth-order valence-electron chi connectivity index (χ4n) is 1.08. The van der Waals surface area contributed by atoms with E-state index in [9.17, 15) is 0 Å². The maximum absolute atomic E-state index is 5.21. The number of hydrogen-bond acceptors (Lipinski definition) is 2. The molecule has 1 aliphatic carbocycles. The SMILES string of the molecule is COC1=CC=C(C)C=CC1OC. The Morgan fingerprint density at radius 2 is 2.00 bits per heavy atom. The predicted octanol–water partition coefficient (Wildman–Crippen LogP) is 2.05. The second kappa shape index (κ2) is 4.12. The summed E-state index contributed by atoms with van der Waals surface area (Å²) in [5, 5.41) is 0. The van der Waals surface area contributed by atoms with Crippen molar-refractivity contribution in [1.82, 2.24) is 0 Å². The van der Waals surface area contributed by atoms with Crippen LogP contribution in [0.15, 0.2) is 35.6 Å². The zero-order valence-corrected chi connectivity index (χ0v) is 7.70. The fourth-order valence-corrected chi connectivity index (χ4v) is 1.08. The lowest BCUT2D eigenvalue weighted by Crippen LogP contribution is -2.11. The van der Waals surface area contributed by atoms with Crippen LogP contribution in [-0.2, 0) is 9.47 Å².